The topological polar surface area (TPSA) is 61.0 Å². The highest BCUT2D eigenvalue weighted by Gasteiger charge is 2.36. The lowest BCUT2D eigenvalue weighted by Crippen LogP contribution is -2.32. The van der Waals surface area contributed by atoms with Crippen LogP contribution in [-0.4, -0.2) is 17.1 Å². The molecule has 0 bridgehead atoms. The van der Waals surface area contributed by atoms with Crippen LogP contribution in [0.1, 0.15) is 74.5 Å². The molecular formula is C16H25N3O. The smallest absolute Gasteiger partial charge is 0.160 e. The van der Waals surface area contributed by atoms with Crippen LogP contribution in [0.4, 0.5) is 0 Å². The quantitative estimate of drug-likeness (QED) is 0.843. The average Bonchev–Trinajstić information content (AvgIpc) is 2.73. The van der Waals surface area contributed by atoms with Gasteiger partial charge in [-0.25, -0.2) is 9.97 Å². The lowest BCUT2D eigenvalue weighted by molar-refractivity contribution is -0.0354. The van der Waals surface area contributed by atoms with Gasteiger partial charge in [0, 0.05) is 30.6 Å². The molecule has 1 saturated carbocycles. The van der Waals surface area contributed by atoms with E-state index in [9.17, 15) is 0 Å². The van der Waals surface area contributed by atoms with Crippen LogP contribution >= 0.6 is 0 Å². The summed E-state index contributed by atoms with van der Waals surface area (Å²) in [5.74, 6) is 0.884. The van der Waals surface area contributed by atoms with Crippen molar-refractivity contribution in [2.45, 2.75) is 69.4 Å². The van der Waals surface area contributed by atoms with Crippen molar-refractivity contribution in [3.8, 4) is 0 Å². The number of nitrogens with two attached hydrogens (primary N) is 1. The van der Waals surface area contributed by atoms with E-state index in [0.29, 0.717) is 0 Å². The van der Waals surface area contributed by atoms with E-state index in [-0.39, 0.29) is 11.6 Å². The second-order valence-corrected chi connectivity index (χ2v) is 6.21. The minimum atomic E-state index is -0.271. The largest absolute Gasteiger partial charge is 0.370 e. The predicted octanol–water partition coefficient (Wildman–Crippen LogP) is 3.01. The van der Waals surface area contributed by atoms with Crippen molar-refractivity contribution in [2.24, 2.45) is 5.73 Å². The molecule has 1 aromatic heterocycles. The van der Waals surface area contributed by atoms with Gasteiger partial charge in [0.15, 0.2) is 5.82 Å². The SMILES string of the molecule is COC1(c2ncc3c(n2)CCCC3N)CCCCCC1. The molecule has 1 heterocycles. The second kappa shape index (κ2) is 5.78. The summed E-state index contributed by atoms with van der Waals surface area (Å²) in [6.07, 6.45) is 12.2. The van der Waals surface area contributed by atoms with Crippen molar-refractivity contribution in [3.63, 3.8) is 0 Å². The van der Waals surface area contributed by atoms with Gasteiger partial charge in [-0.05, 0) is 32.1 Å². The molecule has 1 unspecified atom stereocenters. The Labute approximate surface area is 121 Å². The molecule has 0 amide bonds. The fraction of sp³-hybridized carbons (Fsp3) is 0.750. The van der Waals surface area contributed by atoms with Crippen molar-refractivity contribution in [1.82, 2.24) is 9.97 Å². The zero-order chi connectivity index (χ0) is 14.0. The van der Waals surface area contributed by atoms with Gasteiger partial charge in [-0.3, -0.25) is 0 Å². The summed E-state index contributed by atoms with van der Waals surface area (Å²) < 4.78 is 5.91. The molecule has 2 aliphatic rings. The summed E-state index contributed by atoms with van der Waals surface area (Å²) in [6, 6.07) is 0.112. The number of hydrogen-bond acceptors (Lipinski definition) is 4. The zero-order valence-corrected chi connectivity index (χ0v) is 12.4. The molecule has 4 nitrogen and oxygen atoms in total. The normalized spacial score (nSPS) is 25.8. The van der Waals surface area contributed by atoms with Crippen LogP contribution in [0.5, 0.6) is 0 Å². The average molecular weight is 275 g/mol. The molecule has 0 saturated heterocycles. The second-order valence-electron chi connectivity index (χ2n) is 6.21. The summed E-state index contributed by atoms with van der Waals surface area (Å²) >= 11 is 0. The highest BCUT2D eigenvalue weighted by atomic mass is 16.5. The molecule has 1 aromatic rings. The first kappa shape index (κ1) is 14.0. The van der Waals surface area contributed by atoms with Crippen molar-refractivity contribution in [2.75, 3.05) is 7.11 Å². The first-order valence-corrected chi connectivity index (χ1v) is 7.92. The molecule has 4 heteroatoms. The first-order valence-electron chi connectivity index (χ1n) is 7.92. The summed E-state index contributed by atoms with van der Waals surface area (Å²) in [6.45, 7) is 0. The Morgan fingerprint density at radius 2 is 1.95 bits per heavy atom. The Hall–Kier alpha value is -1.00. The Bertz CT molecular complexity index is 467. The monoisotopic (exact) mass is 275 g/mol. The van der Waals surface area contributed by atoms with Crippen LogP contribution in [0, 0.1) is 0 Å². The van der Waals surface area contributed by atoms with Crippen LogP contribution < -0.4 is 5.73 Å². The number of aromatic nitrogens is 2. The van der Waals surface area contributed by atoms with E-state index in [4.69, 9.17) is 15.5 Å². The van der Waals surface area contributed by atoms with E-state index in [1.807, 2.05) is 6.20 Å². The van der Waals surface area contributed by atoms with E-state index < -0.39 is 0 Å². The number of hydrogen-bond donors (Lipinski definition) is 1. The van der Waals surface area contributed by atoms with Gasteiger partial charge >= 0.3 is 0 Å². The number of aryl methyl sites for hydroxylation is 1. The van der Waals surface area contributed by atoms with E-state index in [1.54, 1.807) is 7.11 Å². The van der Waals surface area contributed by atoms with Crippen LogP contribution in [0.2, 0.25) is 0 Å². The third kappa shape index (κ3) is 2.47. The maximum Gasteiger partial charge on any atom is 0.160 e. The molecule has 3 rings (SSSR count). The van der Waals surface area contributed by atoms with Crippen molar-refractivity contribution >= 4 is 0 Å². The summed E-state index contributed by atoms with van der Waals surface area (Å²) in [4.78, 5) is 9.49. The molecule has 1 fully saturated rings. The predicted molar refractivity (Wildman–Crippen MR) is 78.3 cm³/mol. The molecule has 0 aromatic carbocycles. The van der Waals surface area contributed by atoms with Gasteiger partial charge in [-0.1, -0.05) is 25.7 Å². The first-order chi connectivity index (χ1) is 9.75. The van der Waals surface area contributed by atoms with E-state index >= 15 is 0 Å². The summed E-state index contributed by atoms with van der Waals surface area (Å²) in [7, 11) is 1.81. The van der Waals surface area contributed by atoms with Gasteiger partial charge < -0.3 is 10.5 Å². The number of rotatable bonds is 2. The summed E-state index contributed by atoms with van der Waals surface area (Å²) in [5.41, 5.74) is 8.17. The van der Waals surface area contributed by atoms with Gasteiger partial charge in [0.1, 0.15) is 5.60 Å². The number of methoxy groups -OCH3 is 1. The van der Waals surface area contributed by atoms with Gasteiger partial charge in [0.05, 0.1) is 0 Å². The van der Waals surface area contributed by atoms with Crippen LogP contribution in [-0.2, 0) is 16.8 Å². The highest BCUT2D eigenvalue weighted by Crippen LogP contribution is 2.38. The molecule has 2 aliphatic carbocycles. The zero-order valence-electron chi connectivity index (χ0n) is 12.4. The number of nitrogens with zero attached hydrogens (tertiary/aromatic N) is 2. The molecular weight excluding hydrogens is 250 g/mol. The molecule has 1 atom stereocenters. The minimum Gasteiger partial charge on any atom is -0.370 e. The highest BCUT2D eigenvalue weighted by molar-refractivity contribution is 5.25. The Kier molecular flexibility index (Phi) is 4.03. The fourth-order valence-corrected chi connectivity index (χ4v) is 3.62. The van der Waals surface area contributed by atoms with Gasteiger partial charge in [0.2, 0.25) is 0 Å². The maximum absolute atomic E-state index is 6.15. The van der Waals surface area contributed by atoms with Crippen LogP contribution in [0.25, 0.3) is 0 Å². The molecule has 110 valence electrons. The lowest BCUT2D eigenvalue weighted by atomic mass is 9.90. The Morgan fingerprint density at radius 3 is 2.65 bits per heavy atom. The standard InChI is InChI=1S/C16H25N3O/c1-20-16(9-4-2-3-5-10-16)15-18-11-12-13(17)7-6-8-14(12)19-15/h11,13H,2-10,17H2,1H3. The molecule has 0 spiro atoms. The van der Waals surface area contributed by atoms with Gasteiger partial charge in [-0.15, -0.1) is 0 Å². The van der Waals surface area contributed by atoms with Crippen LogP contribution in [0.15, 0.2) is 6.20 Å². The lowest BCUT2D eigenvalue weighted by Gasteiger charge is -2.31. The minimum absolute atomic E-state index is 0.112. The maximum atomic E-state index is 6.15. The van der Waals surface area contributed by atoms with Crippen molar-refractivity contribution in [3.05, 3.63) is 23.3 Å². The summed E-state index contributed by atoms with van der Waals surface area (Å²) in [5, 5.41) is 0. The van der Waals surface area contributed by atoms with Gasteiger partial charge in [0.25, 0.3) is 0 Å². The molecule has 0 radical (unpaired) electrons. The van der Waals surface area contributed by atoms with Crippen molar-refractivity contribution < 1.29 is 4.74 Å². The van der Waals surface area contributed by atoms with Crippen LogP contribution in [0.3, 0.4) is 0 Å². The number of ether oxygens (including phenoxy) is 1. The van der Waals surface area contributed by atoms with Gasteiger partial charge in [-0.2, -0.15) is 0 Å². The van der Waals surface area contributed by atoms with E-state index in [0.717, 1.165) is 49.2 Å². The third-order valence-electron chi connectivity index (χ3n) is 4.94. The Balaban J connectivity index is 1.95. The van der Waals surface area contributed by atoms with E-state index in [2.05, 4.69) is 4.98 Å². The molecule has 20 heavy (non-hydrogen) atoms. The number of fused-ring (bicyclic) bond motifs is 1. The Morgan fingerprint density at radius 1 is 1.20 bits per heavy atom. The molecule has 0 aliphatic heterocycles. The van der Waals surface area contributed by atoms with Crippen molar-refractivity contribution in [1.29, 1.82) is 0 Å². The van der Waals surface area contributed by atoms with E-state index in [1.165, 1.54) is 25.7 Å². The molecule has 2 N–H and O–H groups in total. The fourth-order valence-electron chi connectivity index (χ4n) is 3.62. The third-order valence-corrected chi connectivity index (χ3v) is 4.94.